The van der Waals surface area contributed by atoms with Crippen molar-refractivity contribution in [3.63, 3.8) is 0 Å². The van der Waals surface area contributed by atoms with Crippen molar-refractivity contribution in [3.05, 3.63) is 66.0 Å². The van der Waals surface area contributed by atoms with E-state index in [4.69, 9.17) is 15.7 Å². The molecular weight excluding hydrogens is 440 g/mol. The van der Waals surface area contributed by atoms with Crippen LogP contribution < -0.4 is 11.1 Å². The molecule has 3 aromatic rings. The van der Waals surface area contributed by atoms with Gasteiger partial charge in [0.1, 0.15) is 17.7 Å². The molecule has 1 saturated heterocycles. The Morgan fingerprint density at radius 1 is 0.943 bits per heavy atom. The molecule has 35 heavy (non-hydrogen) atoms. The van der Waals surface area contributed by atoms with E-state index in [1.54, 1.807) is 0 Å². The van der Waals surface area contributed by atoms with Gasteiger partial charge in [-0.3, -0.25) is 14.5 Å². The molecule has 0 spiro atoms. The maximum Gasteiger partial charge on any atom is 0.240 e. The summed E-state index contributed by atoms with van der Waals surface area (Å²) in [7, 11) is 0. The zero-order valence-electron chi connectivity index (χ0n) is 20.6. The van der Waals surface area contributed by atoms with E-state index in [0.29, 0.717) is 31.3 Å². The van der Waals surface area contributed by atoms with E-state index in [1.807, 2.05) is 80.3 Å². The second-order valence-corrected chi connectivity index (χ2v) is 9.51. The number of aromatic nitrogens is 2. The first kappa shape index (κ1) is 24.6. The Kier molecular flexibility index (Phi) is 7.60. The number of hydrogen-bond donors (Lipinski definition) is 2. The van der Waals surface area contributed by atoms with Crippen molar-refractivity contribution in [2.45, 2.75) is 39.3 Å². The summed E-state index contributed by atoms with van der Waals surface area (Å²) in [6.07, 6.45) is 0. The quantitative estimate of drug-likeness (QED) is 0.520. The van der Waals surface area contributed by atoms with Gasteiger partial charge in [0.2, 0.25) is 11.8 Å². The third-order valence-electron chi connectivity index (χ3n) is 6.63. The van der Waals surface area contributed by atoms with Crippen LogP contribution in [0.25, 0.3) is 10.9 Å². The maximum absolute atomic E-state index is 13.0. The molecule has 0 radical (unpaired) electrons. The fourth-order valence-electron chi connectivity index (χ4n) is 4.50. The molecule has 2 atom stereocenters. The van der Waals surface area contributed by atoms with Crippen LogP contribution in [0.5, 0.6) is 0 Å². The van der Waals surface area contributed by atoms with Crippen LogP contribution in [0.4, 0.5) is 5.82 Å². The van der Waals surface area contributed by atoms with Gasteiger partial charge in [-0.05, 0) is 30.5 Å². The number of piperazine rings is 1. The van der Waals surface area contributed by atoms with Gasteiger partial charge >= 0.3 is 0 Å². The Balaban J connectivity index is 1.45. The van der Waals surface area contributed by atoms with E-state index in [0.717, 1.165) is 29.6 Å². The predicted molar refractivity (Wildman–Crippen MR) is 138 cm³/mol. The van der Waals surface area contributed by atoms with Crippen molar-refractivity contribution in [2.75, 3.05) is 31.5 Å². The molecule has 184 valence electrons. The van der Waals surface area contributed by atoms with Gasteiger partial charge in [0, 0.05) is 31.6 Å². The SMILES string of the molecule is CC(C(=O)N1CCN(Cc2nc(N[C@H](C(N)=O)C(C)C)c3ccccc3n2)CC1)c1ccccc1. The topological polar surface area (TPSA) is 104 Å². The summed E-state index contributed by atoms with van der Waals surface area (Å²) >= 11 is 0. The van der Waals surface area contributed by atoms with Crippen LogP contribution in [-0.4, -0.2) is 63.8 Å². The number of benzene rings is 2. The first-order valence-corrected chi connectivity index (χ1v) is 12.2. The van der Waals surface area contributed by atoms with Crippen LogP contribution in [-0.2, 0) is 16.1 Å². The Bertz CT molecular complexity index is 1170. The van der Waals surface area contributed by atoms with Crippen LogP contribution >= 0.6 is 0 Å². The molecule has 3 N–H and O–H groups in total. The molecule has 2 aromatic carbocycles. The second-order valence-electron chi connectivity index (χ2n) is 9.51. The van der Waals surface area contributed by atoms with Crippen molar-refractivity contribution in [1.29, 1.82) is 0 Å². The number of hydrogen-bond acceptors (Lipinski definition) is 6. The molecule has 2 heterocycles. The van der Waals surface area contributed by atoms with Crippen LogP contribution in [0.3, 0.4) is 0 Å². The van der Waals surface area contributed by atoms with E-state index in [1.165, 1.54) is 0 Å². The summed E-state index contributed by atoms with van der Waals surface area (Å²) in [6, 6.07) is 17.1. The summed E-state index contributed by atoms with van der Waals surface area (Å²) in [5.74, 6) is 0.919. The Labute approximate surface area is 206 Å². The van der Waals surface area contributed by atoms with Gasteiger partial charge < -0.3 is 16.0 Å². The number of anilines is 1. The number of nitrogens with one attached hydrogen (secondary N) is 1. The van der Waals surface area contributed by atoms with Crippen LogP contribution in [0.2, 0.25) is 0 Å². The zero-order chi connectivity index (χ0) is 24.9. The van der Waals surface area contributed by atoms with E-state index >= 15 is 0 Å². The number of primary amides is 1. The average Bonchev–Trinajstić information content (AvgIpc) is 2.87. The van der Waals surface area contributed by atoms with Crippen LogP contribution in [0.1, 0.15) is 38.1 Å². The maximum atomic E-state index is 13.0. The molecule has 1 unspecified atom stereocenters. The molecule has 2 amide bonds. The molecule has 8 nitrogen and oxygen atoms in total. The number of fused-ring (bicyclic) bond motifs is 1. The molecule has 0 bridgehead atoms. The molecule has 0 saturated carbocycles. The van der Waals surface area contributed by atoms with Crippen molar-refractivity contribution in [3.8, 4) is 0 Å². The van der Waals surface area contributed by atoms with Crippen molar-refractivity contribution >= 4 is 28.5 Å². The van der Waals surface area contributed by atoms with Gasteiger partial charge in [-0.1, -0.05) is 56.3 Å². The number of nitrogens with two attached hydrogens (primary N) is 1. The molecule has 1 fully saturated rings. The second kappa shape index (κ2) is 10.8. The standard InChI is InChI=1S/C27H34N6O2/c1-18(2)24(25(28)34)31-26-21-11-7-8-12-22(21)29-23(30-26)17-32-13-15-33(16-14-32)27(35)19(3)20-9-5-4-6-10-20/h4-12,18-19,24H,13-17H2,1-3H3,(H2,28,34)(H,29,30,31)/t19?,24-/m0/s1. The monoisotopic (exact) mass is 474 g/mol. The van der Waals surface area contributed by atoms with E-state index in [2.05, 4.69) is 10.2 Å². The number of nitrogens with zero attached hydrogens (tertiary/aromatic N) is 4. The minimum absolute atomic E-state index is 0.0218. The highest BCUT2D eigenvalue weighted by Gasteiger charge is 2.27. The Hall–Kier alpha value is -3.52. The highest BCUT2D eigenvalue weighted by molar-refractivity contribution is 5.92. The summed E-state index contributed by atoms with van der Waals surface area (Å²) in [6.45, 7) is 9.29. The molecule has 1 aromatic heterocycles. The lowest BCUT2D eigenvalue weighted by Crippen LogP contribution is -2.49. The van der Waals surface area contributed by atoms with E-state index in [9.17, 15) is 9.59 Å². The molecule has 1 aliphatic heterocycles. The lowest BCUT2D eigenvalue weighted by molar-refractivity contribution is -0.134. The molecule has 1 aliphatic rings. The third-order valence-corrected chi connectivity index (χ3v) is 6.63. The highest BCUT2D eigenvalue weighted by Crippen LogP contribution is 2.23. The Morgan fingerprint density at radius 3 is 2.26 bits per heavy atom. The summed E-state index contributed by atoms with van der Waals surface area (Å²) in [5, 5.41) is 4.11. The van der Waals surface area contributed by atoms with E-state index < -0.39 is 11.9 Å². The van der Waals surface area contributed by atoms with Crippen LogP contribution in [0.15, 0.2) is 54.6 Å². The van der Waals surface area contributed by atoms with Gasteiger partial charge in [-0.25, -0.2) is 9.97 Å². The van der Waals surface area contributed by atoms with Crippen molar-refractivity contribution in [1.82, 2.24) is 19.8 Å². The Morgan fingerprint density at radius 2 is 1.60 bits per heavy atom. The van der Waals surface area contributed by atoms with Gasteiger partial charge in [0.05, 0.1) is 18.0 Å². The fourth-order valence-corrected chi connectivity index (χ4v) is 4.50. The van der Waals surface area contributed by atoms with Crippen LogP contribution in [0, 0.1) is 5.92 Å². The van der Waals surface area contributed by atoms with Gasteiger partial charge in [-0.15, -0.1) is 0 Å². The molecule has 8 heteroatoms. The number of rotatable bonds is 8. The number of carbonyl (C=O) groups excluding carboxylic acids is 2. The molecule has 4 rings (SSSR count). The third kappa shape index (κ3) is 5.77. The van der Waals surface area contributed by atoms with E-state index in [-0.39, 0.29) is 17.7 Å². The van der Waals surface area contributed by atoms with Gasteiger partial charge in [-0.2, -0.15) is 0 Å². The fraction of sp³-hybridized carbons (Fsp3) is 0.407. The number of carbonyl (C=O) groups is 2. The van der Waals surface area contributed by atoms with Gasteiger partial charge in [0.15, 0.2) is 0 Å². The summed E-state index contributed by atoms with van der Waals surface area (Å²) < 4.78 is 0. The lowest BCUT2D eigenvalue weighted by atomic mass is 9.99. The number of amides is 2. The highest BCUT2D eigenvalue weighted by atomic mass is 16.2. The smallest absolute Gasteiger partial charge is 0.240 e. The minimum Gasteiger partial charge on any atom is -0.368 e. The van der Waals surface area contributed by atoms with Crippen molar-refractivity contribution in [2.24, 2.45) is 11.7 Å². The average molecular weight is 475 g/mol. The minimum atomic E-state index is -0.526. The largest absolute Gasteiger partial charge is 0.368 e. The van der Waals surface area contributed by atoms with Gasteiger partial charge in [0.25, 0.3) is 0 Å². The normalized spacial score (nSPS) is 16.3. The lowest BCUT2D eigenvalue weighted by Gasteiger charge is -2.35. The summed E-state index contributed by atoms with van der Waals surface area (Å²) in [5.41, 5.74) is 7.49. The summed E-state index contributed by atoms with van der Waals surface area (Å²) in [4.78, 5) is 38.7. The predicted octanol–water partition coefficient (Wildman–Crippen LogP) is 3.00. The molecule has 0 aliphatic carbocycles. The van der Waals surface area contributed by atoms with Crippen molar-refractivity contribution < 1.29 is 9.59 Å². The molecular formula is C27H34N6O2. The number of para-hydroxylation sites is 1. The zero-order valence-corrected chi connectivity index (χ0v) is 20.6. The first-order valence-electron chi connectivity index (χ1n) is 12.2. The first-order chi connectivity index (χ1) is 16.8.